The molecule has 1 aromatic heterocycles. The molecule has 0 unspecified atom stereocenters. The Hall–Kier alpha value is -1.44. The lowest BCUT2D eigenvalue weighted by molar-refractivity contribution is -0.193. The third-order valence-corrected chi connectivity index (χ3v) is 1.80. The number of thiazole rings is 1. The number of esters is 2. The van der Waals surface area contributed by atoms with Crippen molar-refractivity contribution in [3.8, 4) is 0 Å². The molecule has 1 heterocycles. The van der Waals surface area contributed by atoms with Crippen molar-refractivity contribution in [3.63, 3.8) is 0 Å². The van der Waals surface area contributed by atoms with Crippen molar-refractivity contribution in [3.05, 3.63) is 16.6 Å². The number of ether oxygens (including phenoxy) is 1. The van der Waals surface area contributed by atoms with E-state index in [1.807, 2.05) is 0 Å². The molecular formula is C6H2F3NO3S. The largest absolute Gasteiger partial charge is 0.491 e. The molecular weight excluding hydrogens is 223 g/mol. The first kappa shape index (κ1) is 10.6. The van der Waals surface area contributed by atoms with Crippen molar-refractivity contribution in [2.24, 2.45) is 0 Å². The molecule has 0 aliphatic carbocycles. The van der Waals surface area contributed by atoms with Crippen LogP contribution in [0.3, 0.4) is 0 Å². The van der Waals surface area contributed by atoms with Crippen LogP contribution < -0.4 is 0 Å². The number of alkyl halides is 3. The lowest BCUT2D eigenvalue weighted by Crippen LogP contribution is -2.27. The van der Waals surface area contributed by atoms with Gasteiger partial charge in [0.1, 0.15) is 4.88 Å². The average molecular weight is 225 g/mol. The minimum Gasteiger partial charge on any atom is -0.382 e. The second-order valence-corrected chi connectivity index (χ2v) is 2.93. The van der Waals surface area contributed by atoms with Crippen LogP contribution in [0.25, 0.3) is 0 Å². The Kier molecular flexibility index (Phi) is 2.84. The summed E-state index contributed by atoms with van der Waals surface area (Å²) in [6, 6.07) is 0. The van der Waals surface area contributed by atoms with Gasteiger partial charge in [0.2, 0.25) is 0 Å². The monoisotopic (exact) mass is 225 g/mol. The first-order valence-corrected chi connectivity index (χ1v) is 4.01. The Labute approximate surface area is 79.3 Å². The summed E-state index contributed by atoms with van der Waals surface area (Å²) in [5.74, 6) is -3.88. The number of hydrogen-bond donors (Lipinski definition) is 0. The van der Waals surface area contributed by atoms with Crippen molar-refractivity contribution in [2.45, 2.75) is 6.18 Å². The van der Waals surface area contributed by atoms with E-state index in [1.165, 1.54) is 5.51 Å². The molecule has 1 aromatic rings. The standard InChI is InChI=1S/C6H2F3NO3S/c7-6(8,9)5(12)13-4(11)3-1-10-2-14-3/h1-2H. The smallest absolute Gasteiger partial charge is 0.382 e. The third kappa shape index (κ3) is 2.52. The molecule has 0 atom stereocenters. The Balaban J connectivity index is 2.63. The summed E-state index contributed by atoms with van der Waals surface area (Å²) in [7, 11) is 0. The van der Waals surface area contributed by atoms with E-state index in [9.17, 15) is 22.8 Å². The van der Waals surface area contributed by atoms with Gasteiger partial charge in [-0.3, -0.25) is 4.98 Å². The zero-order valence-electron chi connectivity index (χ0n) is 6.37. The lowest BCUT2D eigenvalue weighted by atomic mass is 10.5. The van der Waals surface area contributed by atoms with Crippen LogP contribution in [0.15, 0.2) is 11.7 Å². The fourth-order valence-electron chi connectivity index (χ4n) is 0.509. The zero-order valence-corrected chi connectivity index (χ0v) is 7.19. The molecule has 0 saturated carbocycles. The predicted octanol–water partition coefficient (Wildman–Crippen LogP) is 1.39. The number of rotatable bonds is 1. The molecule has 1 rings (SSSR count). The molecule has 4 nitrogen and oxygen atoms in total. The summed E-state index contributed by atoms with van der Waals surface area (Å²) >= 11 is 0.778. The van der Waals surface area contributed by atoms with Gasteiger partial charge in [-0.25, -0.2) is 9.59 Å². The van der Waals surface area contributed by atoms with E-state index in [1.54, 1.807) is 0 Å². The topological polar surface area (TPSA) is 56.3 Å². The zero-order chi connectivity index (χ0) is 10.8. The number of carbonyl (C=O) groups is 2. The van der Waals surface area contributed by atoms with Gasteiger partial charge in [-0.2, -0.15) is 13.2 Å². The number of halogens is 3. The molecule has 8 heteroatoms. The highest BCUT2D eigenvalue weighted by molar-refractivity contribution is 7.11. The summed E-state index contributed by atoms with van der Waals surface area (Å²) in [4.78, 5) is 24.3. The van der Waals surface area contributed by atoms with Gasteiger partial charge in [0, 0.05) is 0 Å². The van der Waals surface area contributed by atoms with Gasteiger partial charge in [0.15, 0.2) is 0 Å². The van der Waals surface area contributed by atoms with E-state index in [0.717, 1.165) is 17.5 Å². The van der Waals surface area contributed by atoms with Crippen LogP contribution >= 0.6 is 11.3 Å². The molecule has 0 bridgehead atoms. The molecule has 0 radical (unpaired) electrons. The minimum atomic E-state index is -5.17. The van der Waals surface area contributed by atoms with Gasteiger partial charge in [-0.05, 0) is 0 Å². The molecule has 14 heavy (non-hydrogen) atoms. The summed E-state index contributed by atoms with van der Waals surface area (Å²) in [5, 5.41) is 0. The summed E-state index contributed by atoms with van der Waals surface area (Å²) in [6.07, 6.45) is -4.16. The van der Waals surface area contributed by atoms with E-state index >= 15 is 0 Å². The van der Waals surface area contributed by atoms with Gasteiger partial charge >= 0.3 is 18.1 Å². The highest BCUT2D eigenvalue weighted by Gasteiger charge is 2.42. The SMILES string of the molecule is O=C(OC(=O)C(F)(F)F)c1cncs1. The minimum absolute atomic E-state index is 0.164. The number of hydrogen-bond acceptors (Lipinski definition) is 5. The number of carbonyl (C=O) groups excluding carboxylic acids is 2. The van der Waals surface area contributed by atoms with Crippen LogP contribution in [0.1, 0.15) is 9.67 Å². The normalized spacial score (nSPS) is 11.1. The predicted molar refractivity (Wildman–Crippen MR) is 38.6 cm³/mol. The van der Waals surface area contributed by atoms with Gasteiger partial charge in [0.05, 0.1) is 11.7 Å². The van der Waals surface area contributed by atoms with Crippen LogP contribution in [0, 0.1) is 0 Å². The van der Waals surface area contributed by atoms with Gasteiger partial charge in [-0.1, -0.05) is 0 Å². The van der Waals surface area contributed by atoms with E-state index in [4.69, 9.17) is 0 Å². The van der Waals surface area contributed by atoms with Crippen LogP contribution in [0.5, 0.6) is 0 Å². The van der Waals surface area contributed by atoms with Gasteiger partial charge in [-0.15, -0.1) is 11.3 Å². The van der Waals surface area contributed by atoms with E-state index in [0.29, 0.717) is 0 Å². The van der Waals surface area contributed by atoms with Crippen molar-refractivity contribution >= 4 is 23.3 Å². The molecule has 0 fully saturated rings. The number of nitrogens with zero attached hydrogens (tertiary/aromatic N) is 1. The maximum absolute atomic E-state index is 11.6. The second kappa shape index (κ2) is 3.74. The summed E-state index contributed by atoms with van der Waals surface area (Å²) in [6.45, 7) is 0. The third-order valence-electron chi connectivity index (χ3n) is 1.05. The van der Waals surface area contributed by atoms with E-state index in [-0.39, 0.29) is 4.88 Å². The maximum Gasteiger partial charge on any atom is 0.491 e. The second-order valence-electron chi connectivity index (χ2n) is 2.04. The average Bonchev–Trinajstić information content (AvgIpc) is 2.53. The van der Waals surface area contributed by atoms with E-state index in [2.05, 4.69) is 9.72 Å². The van der Waals surface area contributed by atoms with E-state index < -0.39 is 18.1 Å². The molecule has 0 saturated heterocycles. The quantitative estimate of drug-likeness (QED) is 0.535. The highest BCUT2D eigenvalue weighted by atomic mass is 32.1. The lowest BCUT2D eigenvalue weighted by Gasteiger charge is -2.03. The maximum atomic E-state index is 11.6. The van der Waals surface area contributed by atoms with Crippen molar-refractivity contribution in [1.29, 1.82) is 0 Å². The molecule has 0 amide bonds. The van der Waals surface area contributed by atoms with Gasteiger partial charge in [0.25, 0.3) is 0 Å². The molecule has 0 aliphatic heterocycles. The molecule has 0 spiro atoms. The number of aromatic nitrogens is 1. The Morgan fingerprint density at radius 2 is 2.07 bits per heavy atom. The molecule has 0 aromatic carbocycles. The Morgan fingerprint density at radius 3 is 2.50 bits per heavy atom. The summed E-state index contributed by atoms with van der Waals surface area (Å²) in [5.41, 5.74) is 1.23. The van der Waals surface area contributed by atoms with Crippen LogP contribution in [0.2, 0.25) is 0 Å². The van der Waals surface area contributed by atoms with Gasteiger partial charge < -0.3 is 4.74 Å². The van der Waals surface area contributed by atoms with Crippen LogP contribution in [-0.4, -0.2) is 23.1 Å². The fraction of sp³-hybridized carbons (Fsp3) is 0.167. The first-order chi connectivity index (χ1) is 6.41. The molecule has 0 N–H and O–H groups in total. The van der Waals surface area contributed by atoms with Crippen LogP contribution in [0.4, 0.5) is 13.2 Å². The first-order valence-electron chi connectivity index (χ1n) is 3.13. The fourth-order valence-corrected chi connectivity index (χ4v) is 1.00. The molecule has 76 valence electrons. The van der Waals surface area contributed by atoms with Crippen molar-refractivity contribution in [1.82, 2.24) is 4.98 Å². The van der Waals surface area contributed by atoms with Crippen LogP contribution in [-0.2, 0) is 9.53 Å². The Morgan fingerprint density at radius 1 is 1.43 bits per heavy atom. The Bertz CT molecular complexity index is 346. The summed E-state index contributed by atoms with van der Waals surface area (Å²) < 4.78 is 38.4. The van der Waals surface area contributed by atoms with Crippen molar-refractivity contribution < 1.29 is 27.5 Å². The van der Waals surface area contributed by atoms with Crippen molar-refractivity contribution in [2.75, 3.05) is 0 Å². The molecule has 0 aliphatic rings. The highest BCUT2D eigenvalue weighted by Crippen LogP contribution is 2.18.